The number of unbranched alkanes of at least 4 members (excludes halogenated alkanes) is 1. The molecule has 0 bridgehead atoms. The smallest absolute Gasteiger partial charge is 0.119 e. The van der Waals surface area contributed by atoms with Crippen LogP contribution in [0.5, 0.6) is 5.75 Å². The van der Waals surface area contributed by atoms with Crippen LogP contribution in [0.1, 0.15) is 18.4 Å². The van der Waals surface area contributed by atoms with Gasteiger partial charge in [0.2, 0.25) is 0 Å². The van der Waals surface area contributed by atoms with Crippen LogP contribution in [0.2, 0.25) is 0 Å². The van der Waals surface area contributed by atoms with Crippen molar-refractivity contribution in [1.82, 2.24) is 0 Å². The van der Waals surface area contributed by atoms with Crippen molar-refractivity contribution in [2.24, 2.45) is 0 Å². The highest BCUT2D eigenvalue weighted by atomic mass is 79.9. The highest BCUT2D eigenvalue weighted by Crippen LogP contribution is 2.24. The van der Waals surface area contributed by atoms with Gasteiger partial charge in [0.1, 0.15) is 5.75 Å². The molecule has 0 aliphatic heterocycles. The lowest BCUT2D eigenvalue weighted by molar-refractivity contribution is 0.184. The second-order valence-electron chi connectivity index (χ2n) is 3.44. The summed E-state index contributed by atoms with van der Waals surface area (Å²) >= 11 is 6.93. The number of methoxy groups -OCH3 is 1. The minimum atomic E-state index is 0.743. The van der Waals surface area contributed by atoms with Gasteiger partial charge in [0.05, 0.1) is 6.61 Å². The zero-order valence-electron chi connectivity index (χ0n) is 9.34. The van der Waals surface area contributed by atoms with Crippen molar-refractivity contribution in [3.05, 3.63) is 28.2 Å². The lowest BCUT2D eigenvalue weighted by Crippen LogP contribution is -2.00. The molecule has 0 amide bonds. The molecule has 0 aliphatic carbocycles. The number of benzene rings is 1. The van der Waals surface area contributed by atoms with E-state index in [0.717, 1.165) is 41.6 Å². The van der Waals surface area contributed by atoms with Crippen LogP contribution in [-0.4, -0.2) is 20.3 Å². The Morgan fingerprint density at radius 2 is 1.94 bits per heavy atom. The third-order valence-corrected chi connectivity index (χ3v) is 3.55. The maximum Gasteiger partial charge on any atom is 0.119 e. The average molecular weight is 352 g/mol. The molecule has 0 N–H and O–H groups in total. The van der Waals surface area contributed by atoms with Gasteiger partial charge in [-0.2, -0.15) is 0 Å². The molecule has 0 heterocycles. The highest BCUT2D eigenvalue weighted by molar-refractivity contribution is 9.10. The van der Waals surface area contributed by atoms with Gasteiger partial charge in [-0.25, -0.2) is 0 Å². The SMILES string of the molecule is COCCCCOc1ccc(Br)c(CBr)c1. The fourth-order valence-electron chi connectivity index (χ4n) is 1.28. The van der Waals surface area contributed by atoms with Gasteiger partial charge in [-0.05, 0) is 36.6 Å². The van der Waals surface area contributed by atoms with Gasteiger partial charge in [-0.15, -0.1) is 0 Å². The predicted molar refractivity (Wildman–Crippen MR) is 73.4 cm³/mol. The quantitative estimate of drug-likeness (QED) is 0.542. The first-order valence-electron chi connectivity index (χ1n) is 5.24. The normalized spacial score (nSPS) is 10.4. The van der Waals surface area contributed by atoms with Crippen LogP contribution in [0.25, 0.3) is 0 Å². The van der Waals surface area contributed by atoms with E-state index in [4.69, 9.17) is 9.47 Å². The van der Waals surface area contributed by atoms with Gasteiger partial charge in [-0.3, -0.25) is 0 Å². The Labute approximate surface area is 114 Å². The molecule has 90 valence electrons. The number of rotatable bonds is 7. The van der Waals surface area contributed by atoms with E-state index < -0.39 is 0 Å². The molecule has 1 aromatic carbocycles. The van der Waals surface area contributed by atoms with Crippen LogP contribution >= 0.6 is 31.9 Å². The molecule has 0 aromatic heterocycles. The molecular formula is C12H16Br2O2. The number of halogens is 2. The Hall–Kier alpha value is -0.0600. The Kier molecular flexibility index (Phi) is 7.08. The van der Waals surface area contributed by atoms with E-state index in [0.29, 0.717) is 0 Å². The molecule has 0 aliphatic rings. The molecule has 0 saturated heterocycles. The molecule has 0 radical (unpaired) electrons. The van der Waals surface area contributed by atoms with Crippen molar-refractivity contribution in [3.8, 4) is 5.75 Å². The Morgan fingerprint density at radius 1 is 1.19 bits per heavy atom. The summed E-state index contributed by atoms with van der Waals surface area (Å²) in [7, 11) is 1.72. The summed E-state index contributed by atoms with van der Waals surface area (Å²) in [6, 6.07) is 6.04. The summed E-state index contributed by atoms with van der Waals surface area (Å²) in [5.74, 6) is 0.926. The Morgan fingerprint density at radius 3 is 2.62 bits per heavy atom. The van der Waals surface area contributed by atoms with Gasteiger partial charge in [0.25, 0.3) is 0 Å². The van der Waals surface area contributed by atoms with Crippen LogP contribution in [0.15, 0.2) is 22.7 Å². The second kappa shape index (κ2) is 8.09. The minimum Gasteiger partial charge on any atom is -0.494 e. The molecule has 0 atom stereocenters. The van der Waals surface area contributed by atoms with Crippen LogP contribution in [0, 0.1) is 0 Å². The van der Waals surface area contributed by atoms with Crippen LogP contribution in [-0.2, 0) is 10.1 Å². The maximum atomic E-state index is 5.65. The maximum absolute atomic E-state index is 5.65. The number of ether oxygens (including phenoxy) is 2. The summed E-state index contributed by atoms with van der Waals surface area (Å²) in [6.45, 7) is 1.54. The molecular weight excluding hydrogens is 336 g/mol. The monoisotopic (exact) mass is 350 g/mol. The number of hydrogen-bond donors (Lipinski definition) is 0. The zero-order valence-corrected chi connectivity index (χ0v) is 12.5. The van der Waals surface area contributed by atoms with Crippen molar-refractivity contribution in [3.63, 3.8) is 0 Å². The summed E-state index contributed by atoms with van der Waals surface area (Å²) in [5.41, 5.74) is 1.20. The minimum absolute atomic E-state index is 0.743. The van der Waals surface area contributed by atoms with Gasteiger partial charge in [0, 0.05) is 23.5 Å². The van der Waals surface area contributed by atoms with Gasteiger partial charge >= 0.3 is 0 Å². The van der Waals surface area contributed by atoms with Gasteiger partial charge < -0.3 is 9.47 Å². The summed E-state index contributed by atoms with van der Waals surface area (Å²) < 4.78 is 11.7. The predicted octanol–water partition coefficient (Wildman–Crippen LogP) is 4.15. The van der Waals surface area contributed by atoms with Crippen molar-refractivity contribution < 1.29 is 9.47 Å². The van der Waals surface area contributed by atoms with Crippen LogP contribution in [0.4, 0.5) is 0 Å². The van der Waals surface area contributed by atoms with Crippen LogP contribution < -0.4 is 4.74 Å². The molecule has 2 nitrogen and oxygen atoms in total. The molecule has 16 heavy (non-hydrogen) atoms. The van der Waals surface area contributed by atoms with E-state index in [1.807, 2.05) is 12.1 Å². The summed E-state index contributed by atoms with van der Waals surface area (Å²) in [5, 5.41) is 0.828. The Balaban J connectivity index is 2.36. The fraction of sp³-hybridized carbons (Fsp3) is 0.500. The molecule has 0 fully saturated rings. The number of alkyl halides is 1. The topological polar surface area (TPSA) is 18.5 Å². The van der Waals surface area contributed by atoms with E-state index in [1.165, 1.54) is 5.56 Å². The van der Waals surface area contributed by atoms with Crippen molar-refractivity contribution in [2.75, 3.05) is 20.3 Å². The molecule has 1 aromatic rings. The first-order chi connectivity index (χ1) is 7.77. The van der Waals surface area contributed by atoms with E-state index in [9.17, 15) is 0 Å². The number of hydrogen-bond acceptors (Lipinski definition) is 2. The molecule has 4 heteroatoms. The first-order valence-corrected chi connectivity index (χ1v) is 7.15. The summed E-state index contributed by atoms with van der Waals surface area (Å²) in [6.07, 6.45) is 2.06. The van der Waals surface area contributed by atoms with E-state index in [2.05, 4.69) is 37.9 Å². The van der Waals surface area contributed by atoms with Crippen molar-refractivity contribution in [1.29, 1.82) is 0 Å². The lowest BCUT2D eigenvalue weighted by Gasteiger charge is -2.08. The Bertz CT molecular complexity index is 316. The fourth-order valence-corrected chi connectivity index (χ4v) is 2.51. The standard InChI is InChI=1S/C12H16Br2O2/c1-15-6-2-3-7-16-11-4-5-12(14)10(8-11)9-13/h4-5,8H,2-3,6-7,9H2,1H3. The van der Waals surface area contributed by atoms with E-state index in [-0.39, 0.29) is 0 Å². The molecule has 1 rings (SSSR count). The zero-order chi connectivity index (χ0) is 11.8. The van der Waals surface area contributed by atoms with Crippen LogP contribution in [0.3, 0.4) is 0 Å². The first kappa shape index (κ1) is 14.0. The van der Waals surface area contributed by atoms with E-state index in [1.54, 1.807) is 7.11 Å². The third-order valence-electron chi connectivity index (χ3n) is 2.17. The van der Waals surface area contributed by atoms with Crippen molar-refractivity contribution in [2.45, 2.75) is 18.2 Å². The van der Waals surface area contributed by atoms with Gasteiger partial charge in [0.15, 0.2) is 0 Å². The molecule has 0 unspecified atom stereocenters. The largest absolute Gasteiger partial charge is 0.494 e. The van der Waals surface area contributed by atoms with Gasteiger partial charge in [-0.1, -0.05) is 31.9 Å². The average Bonchev–Trinajstić information content (AvgIpc) is 2.31. The molecule has 0 saturated carbocycles. The van der Waals surface area contributed by atoms with Crippen molar-refractivity contribution >= 4 is 31.9 Å². The third kappa shape index (κ3) is 4.85. The lowest BCUT2D eigenvalue weighted by atomic mass is 10.2. The molecule has 0 spiro atoms. The highest BCUT2D eigenvalue weighted by Gasteiger charge is 2.01. The van der Waals surface area contributed by atoms with E-state index >= 15 is 0 Å². The second-order valence-corrected chi connectivity index (χ2v) is 4.85. The summed E-state index contributed by atoms with van der Waals surface area (Å²) in [4.78, 5) is 0.